The Bertz CT molecular complexity index is 819. The molecule has 22 heavy (non-hydrogen) atoms. The Labute approximate surface area is 127 Å². The van der Waals surface area contributed by atoms with Gasteiger partial charge in [0.25, 0.3) is 0 Å². The second-order valence-corrected chi connectivity index (χ2v) is 5.68. The third-order valence-corrected chi connectivity index (χ3v) is 4.47. The van der Waals surface area contributed by atoms with E-state index in [1.165, 1.54) is 0 Å². The van der Waals surface area contributed by atoms with Crippen LogP contribution in [0.2, 0.25) is 0 Å². The standard InChI is InChI=1S/C14H18N8/c1-2-10-5-9(19-20-15)8-21(10)13-7-17-12-6-18-14-11(22(12)13)3-4-16-14/h3-4,6-7,9-10,16,20H,2,5,8H2,1H3,(H-,15,19). The first-order valence-corrected chi connectivity index (χ1v) is 7.52. The van der Waals surface area contributed by atoms with Gasteiger partial charge in [-0.05, 0) is 18.9 Å². The highest BCUT2D eigenvalue weighted by Crippen LogP contribution is 2.29. The summed E-state index contributed by atoms with van der Waals surface area (Å²) in [4.78, 5) is 14.4. The maximum Gasteiger partial charge on any atom is 0.157 e. The molecular formula is C14H18N8. The van der Waals surface area contributed by atoms with Crippen LogP contribution in [0.5, 0.6) is 0 Å². The number of aromatic amines is 1. The van der Waals surface area contributed by atoms with Crippen LogP contribution >= 0.6 is 0 Å². The summed E-state index contributed by atoms with van der Waals surface area (Å²) in [5.41, 5.74) is 14.5. The Balaban J connectivity index is 1.83. The quantitative estimate of drug-likeness (QED) is 0.472. The number of aromatic nitrogens is 4. The first kappa shape index (κ1) is 13.1. The lowest BCUT2D eigenvalue weighted by atomic mass is 10.1. The van der Waals surface area contributed by atoms with Crippen LogP contribution < -0.4 is 15.5 Å². The highest BCUT2D eigenvalue weighted by Gasteiger charge is 2.32. The average molecular weight is 298 g/mol. The summed E-state index contributed by atoms with van der Waals surface area (Å²) in [6.45, 7) is 3.00. The van der Waals surface area contributed by atoms with Gasteiger partial charge in [-0.15, -0.1) is 0 Å². The predicted octanol–water partition coefficient (Wildman–Crippen LogP) is 0.175. The third-order valence-electron chi connectivity index (χ3n) is 4.47. The van der Waals surface area contributed by atoms with Gasteiger partial charge in [0, 0.05) is 24.8 Å². The van der Waals surface area contributed by atoms with Gasteiger partial charge in [0.05, 0.1) is 17.9 Å². The van der Waals surface area contributed by atoms with E-state index in [1.54, 1.807) is 6.20 Å². The molecule has 4 rings (SSSR count). The van der Waals surface area contributed by atoms with Gasteiger partial charge in [0.2, 0.25) is 0 Å². The second-order valence-electron chi connectivity index (χ2n) is 5.68. The number of nitrogens with one attached hydrogen (secondary N) is 3. The third kappa shape index (κ3) is 1.83. The summed E-state index contributed by atoms with van der Waals surface area (Å²) in [7, 11) is 0. The van der Waals surface area contributed by atoms with Crippen molar-refractivity contribution in [3.05, 3.63) is 30.2 Å². The maximum absolute atomic E-state index is 8.88. The summed E-state index contributed by atoms with van der Waals surface area (Å²) in [5.74, 6) is 1.07. The van der Waals surface area contributed by atoms with Crippen molar-refractivity contribution in [2.45, 2.75) is 31.8 Å². The lowest BCUT2D eigenvalue weighted by Gasteiger charge is -2.25. The molecule has 3 aromatic rings. The average Bonchev–Trinajstić information content (AvgIpc) is 3.23. The highest BCUT2D eigenvalue weighted by atomic mass is 15.4. The molecule has 1 saturated heterocycles. The van der Waals surface area contributed by atoms with Crippen LogP contribution in [0, 0.1) is 0 Å². The molecule has 0 saturated carbocycles. The predicted molar refractivity (Wildman–Crippen MR) is 82.1 cm³/mol. The molecule has 0 aromatic carbocycles. The monoisotopic (exact) mass is 298 g/mol. The summed E-state index contributed by atoms with van der Waals surface area (Å²) in [6.07, 6.45) is 7.59. The Morgan fingerprint density at radius 1 is 1.45 bits per heavy atom. The number of hydrazine groups is 1. The van der Waals surface area contributed by atoms with Gasteiger partial charge in [-0.2, -0.15) is 10.8 Å². The van der Waals surface area contributed by atoms with Gasteiger partial charge in [0.15, 0.2) is 11.3 Å². The van der Waals surface area contributed by atoms with Crippen molar-refractivity contribution in [1.29, 1.82) is 0 Å². The van der Waals surface area contributed by atoms with Gasteiger partial charge in [-0.3, -0.25) is 9.83 Å². The largest absolute Gasteiger partial charge is 0.353 e. The van der Waals surface area contributed by atoms with Gasteiger partial charge >= 0.3 is 0 Å². The molecule has 3 aromatic heterocycles. The minimum atomic E-state index is 0.198. The molecule has 0 bridgehead atoms. The normalized spacial score (nSPS) is 21.8. The van der Waals surface area contributed by atoms with Crippen LogP contribution in [-0.2, 0) is 0 Å². The van der Waals surface area contributed by atoms with Crippen molar-refractivity contribution < 1.29 is 5.22 Å². The van der Waals surface area contributed by atoms with E-state index in [9.17, 15) is 0 Å². The molecule has 1 aliphatic rings. The fourth-order valence-corrected chi connectivity index (χ4v) is 3.44. The number of imidazole rings is 1. The van der Waals surface area contributed by atoms with Crippen molar-refractivity contribution in [1.82, 2.24) is 24.8 Å². The van der Waals surface area contributed by atoms with Gasteiger partial charge < -0.3 is 9.88 Å². The van der Waals surface area contributed by atoms with Crippen LogP contribution in [0.1, 0.15) is 19.8 Å². The zero-order chi connectivity index (χ0) is 15.1. The molecular weight excluding hydrogens is 280 g/mol. The van der Waals surface area contributed by atoms with Crippen LogP contribution in [0.25, 0.3) is 22.3 Å². The molecule has 0 amide bonds. The Hall–Kier alpha value is -2.64. The number of hydrogen-bond donors (Lipinski definition) is 3. The van der Waals surface area contributed by atoms with Crippen molar-refractivity contribution in [3.63, 3.8) is 0 Å². The number of nitrogens with zero attached hydrogens (tertiary/aromatic N) is 5. The molecule has 8 nitrogen and oxygen atoms in total. The molecule has 2 unspecified atom stereocenters. The number of anilines is 1. The van der Waals surface area contributed by atoms with Gasteiger partial charge in [-0.25, -0.2) is 9.97 Å². The molecule has 114 valence electrons. The van der Waals surface area contributed by atoms with E-state index in [0.29, 0.717) is 6.04 Å². The van der Waals surface area contributed by atoms with Gasteiger partial charge in [0.1, 0.15) is 5.82 Å². The van der Waals surface area contributed by atoms with Crippen LogP contribution in [0.15, 0.2) is 24.7 Å². The lowest BCUT2D eigenvalue weighted by molar-refractivity contribution is -0.554. The molecule has 1 fully saturated rings. The smallest absolute Gasteiger partial charge is 0.157 e. The number of rotatable bonds is 4. The Morgan fingerprint density at radius 3 is 3.18 bits per heavy atom. The van der Waals surface area contributed by atoms with Crippen molar-refractivity contribution in [2.24, 2.45) is 0 Å². The van der Waals surface area contributed by atoms with Crippen LogP contribution in [0.3, 0.4) is 0 Å². The van der Waals surface area contributed by atoms with E-state index in [1.807, 2.05) is 18.5 Å². The summed E-state index contributed by atoms with van der Waals surface area (Å²) < 4.78 is 2.14. The fourth-order valence-electron chi connectivity index (χ4n) is 3.44. The summed E-state index contributed by atoms with van der Waals surface area (Å²) >= 11 is 0. The number of hydrogen-bond acceptors (Lipinski definition) is 3. The number of H-pyrrole nitrogens is 1. The van der Waals surface area contributed by atoms with E-state index in [4.69, 9.17) is 5.53 Å². The first-order chi connectivity index (χ1) is 10.8. The van der Waals surface area contributed by atoms with E-state index >= 15 is 0 Å². The van der Waals surface area contributed by atoms with Gasteiger partial charge in [-0.1, -0.05) is 6.92 Å². The lowest BCUT2D eigenvalue weighted by Crippen LogP contribution is -2.78. The molecule has 3 N–H and O–H groups in total. The minimum absolute atomic E-state index is 0.198. The molecule has 0 aliphatic carbocycles. The van der Waals surface area contributed by atoms with E-state index in [-0.39, 0.29) is 6.04 Å². The van der Waals surface area contributed by atoms with Crippen molar-refractivity contribution in [3.8, 4) is 0 Å². The molecule has 4 heterocycles. The first-order valence-electron chi connectivity index (χ1n) is 7.52. The minimum Gasteiger partial charge on any atom is -0.353 e. The molecule has 0 spiro atoms. The van der Waals surface area contributed by atoms with Crippen molar-refractivity contribution in [2.75, 3.05) is 11.4 Å². The Morgan fingerprint density at radius 2 is 2.36 bits per heavy atom. The van der Waals surface area contributed by atoms with E-state index in [2.05, 4.69) is 41.8 Å². The summed E-state index contributed by atoms with van der Waals surface area (Å²) in [6, 6.07) is 2.62. The molecule has 1 aliphatic heterocycles. The van der Waals surface area contributed by atoms with E-state index in [0.717, 1.165) is 42.0 Å². The maximum atomic E-state index is 8.88. The van der Waals surface area contributed by atoms with Crippen LogP contribution in [-0.4, -0.2) is 38.0 Å². The second kappa shape index (κ2) is 4.97. The summed E-state index contributed by atoms with van der Waals surface area (Å²) in [5, 5.41) is 2.07. The molecule has 8 heteroatoms. The fraction of sp³-hybridized carbons (Fsp3) is 0.429. The zero-order valence-corrected chi connectivity index (χ0v) is 12.3. The zero-order valence-electron chi connectivity index (χ0n) is 12.3. The van der Waals surface area contributed by atoms with E-state index < -0.39 is 0 Å². The Kier molecular flexibility index (Phi) is 2.95. The highest BCUT2D eigenvalue weighted by molar-refractivity contribution is 5.77. The van der Waals surface area contributed by atoms with Crippen molar-refractivity contribution >= 4 is 22.6 Å². The SMILES string of the molecule is CCC1CC(N[NH+]=[N-])CN1c1cnc2cnc3[nH]ccc3n12. The molecule has 0 radical (unpaired) electrons. The van der Waals surface area contributed by atoms with Crippen LogP contribution in [0.4, 0.5) is 5.82 Å². The topological polar surface area (TPSA) is 97.5 Å². The molecule has 2 atom stereocenters. The number of fused-ring (bicyclic) bond motifs is 3.